The van der Waals surface area contributed by atoms with Crippen LogP contribution in [0.1, 0.15) is 22.8 Å². The number of hydrogen-bond acceptors (Lipinski definition) is 6. The molecule has 21 heavy (non-hydrogen) atoms. The van der Waals surface area contributed by atoms with Gasteiger partial charge in [-0.2, -0.15) is 4.98 Å². The number of nitrogens with zero attached hydrogens (tertiary/aromatic N) is 2. The van der Waals surface area contributed by atoms with Gasteiger partial charge in [0.25, 0.3) is 0 Å². The minimum atomic E-state index is -3.62. The molecule has 0 bridgehead atoms. The molecular weight excluding hydrogens is 294 g/mol. The smallest absolute Gasteiger partial charge is 0.240 e. The number of benzene rings is 1. The SMILES string of the molecule is Cc1nc(CCNS(=O)(=O)c2ccc(C)c(CO)c2)no1. The summed E-state index contributed by atoms with van der Waals surface area (Å²) in [6.07, 6.45) is 0.343. The van der Waals surface area contributed by atoms with E-state index in [2.05, 4.69) is 14.9 Å². The number of aromatic nitrogens is 2. The summed E-state index contributed by atoms with van der Waals surface area (Å²) in [5.41, 5.74) is 1.44. The molecule has 2 aromatic rings. The van der Waals surface area contributed by atoms with Gasteiger partial charge in [-0.3, -0.25) is 0 Å². The van der Waals surface area contributed by atoms with Crippen LogP contribution in [0, 0.1) is 13.8 Å². The minimum Gasteiger partial charge on any atom is -0.392 e. The van der Waals surface area contributed by atoms with Crippen LogP contribution in [-0.2, 0) is 23.1 Å². The van der Waals surface area contributed by atoms with Crippen LogP contribution in [0.4, 0.5) is 0 Å². The maximum Gasteiger partial charge on any atom is 0.240 e. The van der Waals surface area contributed by atoms with E-state index in [4.69, 9.17) is 4.52 Å². The molecule has 0 aliphatic carbocycles. The number of sulfonamides is 1. The monoisotopic (exact) mass is 311 g/mol. The number of rotatable bonds is 6. The molecule has 0 spiro atoms. The first-order valence-electron chi connectivity index (χ1n) is 6.41. The molecule has 2 N–H and O–H groups in total. The quantitative estimate of drug-likeness (QED) is 0.813. The number of nitrogens with one attached hydrogen (secondary N) is 1. The first kappa shape index (κ1) is 15.6. The van der Waals surface area contributed by atoms with Gasteiger partial charge < -0.3 is 9.63 Å². The zero-order valence-corrected chi connectivity index (χ0v) is 12.6. The van der Waals surface area contributed by atoms with Gasteiger partial charge in [0.05, 0.1) is 11.5 Å². The van der Waals surface area contributed by atoms with E-state index in [-0.39, 0.29) is 18.0 Å². The summed E-state index contributed by atoms with van der Waals surface area (Å²) in [6, 6.07) is 4.65. The molecule has 2 rings (SSSR count). The van der Waals surface area contributed by atoms with Crippen LogP contribution in [-0.4, -0.2) is 30.2 Å². The van der Waals surface area contributed by atoms with E-state index in [9.17, 15) is 13.5 Å². The summed E-state index contributed by atoms with van der Waals surface area (Å²) < 4.78 is 31.6. The Bertz CT molecular complexity index is 725. The summed E-state index contributed by atoms with van der Waals surface area (Å²) in [5.74, 6) is 0.897. The van der Waals surface area contributed by atoms with E-state index < -0.39 is 10.0 Å². The van der Waals surface area contributed by atoms with Gasteiger partial charge in [0, 0.05) is 19.9 Å². The molecule has 114 valence electrons. The molecule has 1 aromatic carbocycles. The van der Waals surface area contributed by atoms with Crippen LogP contribution in [0.2, 0.25) is 0 Å². The Morgan fingerprint density at radius 1 is 1.33 bits per heavy atom. The molecule has 0 amide bonds. The van der Waals surface area contributed by atoms with Crippen molar-refractivity contribution in [1.29, 1.82) is 0 Å². The van der Waals surface area contributed by atoms with Crippen LogP contribution in [0.3, 0.4) is 0 Å². The van der Waals surface area contributed by atoms with Gasteiger partial charge in [-0.1, -0.05) is 11.2 Å². The second-order valence-corrected chi connectivity index (χ2v) is 6.39. The van der Waals surface area contributed by atoms with Crippen molar-refractivity contribution in [3.05, 3.63) is 41.0 Å². The lowest BCUT2D eigenvalue weighted by molar-refractivity contribution is 0.280. The number of aryl methyl sites for hydroxylation is 2. The molecule has 0 saturated carbocycles. The molecule has 0 aliphatic rings. The van der Waals surface area contributed by atoms with Crippen LogP contribution < -0.4 is 4.72 Å². The molecule has 0 radical (unpaired) electrons. The van der Waals surface area contributed by atoms with Crippen molar-refractivity contribution in [3.8, 4) is 0 Å². The van der Waals surface area contributed by atoms with Crippen molar-refractivity contribution in [3.63, 3.8) is 0 Å². The predicted octanol–water partition coefficient (Wildman–Crippen LogP) is 0.700. The molecular formula is C13H17N3O4S. The molecule has 0 fully saturated rings. The second-order valence-electron chi connectivity index (χ2n) is 4.62. The lowest BCUT2D eigenvalue weighted by Gasteiger charge is -2.08. The predicted molar refractivity (Wildman–Crippen MR) is 75.0 cm³/mol. The molecule has 0 atom stereocenters. The van der Waals surface area contributed by atoms with Crippen LogP contribution in [0.25, 0.3) is 0 Å². The normalized spacial score (nSPS) is 11.8. The van der Waals surface area contributed by atoms with E-state index >= 15 is 0 Å². The first-order chi connectivity index (χ1) is 9.92. The highest BCUT2D eigenvalue weighted by Crippen LogP contribution is 2.15. The standard InChI is InChI=1S/C13H17N3O4S/c1-9-3-4-12(7-11(9)8-17)21(18,19)14-6-5-13-15-10(2)20-16-13/h3-4,7,14,17H,5-6,8H2,1-2H3. The summed E-state index contributed by atoms with van der Waals surface area (Å²) in [7, 11) is -3.62. The molecule has 1 aromatic heterocycles. The molecule has 7 nitrogen and oxygen atoms in total. The van der Waals surface area contributed by atoms with Crippen molar-refractivity contribution < 1.29 is 18.0 Å². The summed E-state index contributed by atoms with van der Waals surface area (Å²) in [5, 5.41) is 12.9. The van der Waals surface area contributed by atoms with Crippen molar-refractivity contribution in [2.24, 2.45) is 0 Å². The van der Waals surface area contributed by atoms with E-state index in [1.165, 1.54) is 12.1 Å². The van der Waals surface area contributed by atoms with Gasteiger partial charge >= 0.3 is 0 Å². The van der Waals surface area contributed by atoms with Crippen molar-refractivity contribution in [2.45, 2.75) is 31.8 Å². The summed E-state index contributed by atoms with van der Waals surface area (Å²) in [4.78, 5) is 4.12. The third kappa shape index (κ3) is 3.87. The summed E-state index contributed by atoms with van der Waals surface area (Å²) in [6.45, 7) is 3.46. The Morgan fingerprint density at radius 2 is 2.10 bits per heavy atom. The van der Waals surface area contributed by atoms with Gasteiger partial charge in [-0.05, 0) is 30.2 Å². The Balaban J connectivity index is 2.04. The van der Waals surface area contributed by atoms with Crippen molar-refractivity contribution in [2.75, 3.05) is 6.54 Å². The van der Waals surface area contributed by atoms with Crippen molar-refractivity contribution in [1.82, 2.24) is 14.9 Å². The lowest BCUT2D eigenvalue weighted by atomic mass is 10.1. The Morgan fingerprint density at radius 3 is 2.71 bits per heavy atom. The maximum atomic E-state index is 12.2. The Hall–Kier alpha value is -1.77. The number of hydrogen-bond donors (Lipinski definition) is 2. The fourth-order valence-corrected chi connectivity index (χ4v) is 2.89. The third-order valence-corrected chi connectivity index (χ3v) is 4.47. The Kier molecular flexibility index (Phi) is 4.71. The maximum absolute atomic E-state index is 12.2. The van der Waals surface area contributed by atoms with E-state index in [1.807, 2.05) is 6.92 Å². The van der Waals surface area contributed by atoms with Gasteiger partial charge in [0.2, 0.25) is 15.9 Å². The minimum absolute atomic E-state index is 0.126. The van der Waals surface area contributed by atoms with E-state index in [0.717, 1.165) is 5.56 Å². The van der Waals surface area contributed by atoms with Gasteiger partial charge in [-0.25, -0.2) is 13.1 Å². The van der Waals surface area contributed by atoms with E-state index in [1.54, 1.807) is 13.0 Å². The van der Waals surface area contributed by atoms with Gasteiger partial charge in [0.1, 0.15) is 0 Å². The highest BCUT2D eigenvalue weighted by atomic mass is 32.2. The topological polar surface area (TPSA) is 105 Å². The molecule has 1 heterocycles. The number of aliphatic hydroxyl groups excluding tert-OH is 1. The fourth-order valence-electron chi connectivity index (χ4n) is 1.81. The summed E-state index contributed by atoms with van der Waals surface area (Å²) >= 11 is 0. The highest BCUT2D eigenvalue weighted by Gasteiger charge is 2.15. The highest BCUT2D eigenvalue weighted by molar-refractivity contribution is 7.89. The van der Waals surface area contributed by atoms with Crippen LogP contribution in [0.15, 0.2) is 27.6 Å². The Labute approximate surface area is 123 Å². The van der Waals surface area contributed by atoms with Gasteiger partial charge in [-0.15, -0.1) is 0 Å². The average Bonchev–Trinajstić information content (AvgIpc) is 2.84. The zero-order valence-electron chi connectivity index (χ0n) is 11.8. The fraction of sp³-hybridized carbons (Fsp3) is 0.385. The molecule has 8 heteroatoms. The van der Waals surface area contributed by atoms with Crippen LogP contribution >= 0.6 is 0 Å². The molecule has 0 aliphatic heterocycles. The average molecular weight is 311 g/mol. The molecule has 0 unspecified atom stereocenters. The van der Waals surface area contributed by atoms with Crippen molar-refractivity contribution >= 4 is 10.0 Å². The third-order valence-electron chi connectivity index (χ3n) is 3.01. The number of aliphatic hydroxyl groups is 1. The zero-order chi connectivity index (χ0) is 15.5. The molecule has 0 saturated heterocycles. The van der Waals surface area contributed by atoms with Crippen LogP contribution in [0.5, 0.6) is 0 Å². The van der Waals surface area contributed by atoms with Gasteiger partial charge in [0.15, 0.2) is 5.82 Å². The first-order valence-corrected chi connectivity index (χ1v) is 7.90. The largest absolute Gasteiger partial charge is 0.392 e. The van der Waals surface area contributed by atoms with E-state index in [0.29, 0.717) is 23.7 Å². The second kappa shape index (κ2) is 6.33. The lowest BCUT2D eigenvalue weighted by Crippen LogP contribution is -2.26.